The average molecular weight is 372 g/mol. The van der Waals surface area contributed by atoms with Gasteiger partial charge in [0.05, 0.1) is 18.9 Å². The predicted molar refractivity (Wildman–Crippen MR) is 101 cm³/mol. The van der Waals surface area contributed by atoms with Gasteiger partial charge in [0, 0.05) is 18.2 Å². The third-order valence-electron chi connectivity index (χ3n) is 4.40. The number of nitrogens with one attached hydrogen (secondary N) is 2. The summed E-state index contributed by atoms with van der Waals surface area (Å²) in [5.41, 5.74) is 2.05. The molecule has 1 heterocycles. The molecule has 0 aliphatic carbocycles. The lowest BCUT2D eigenvalue weighted by molar-refractivity contribution is -0.118. The monoisotopic (exact) mass is 372 g/mol. The lowest BCUT2D eigenvalue weighted by Crippen LogP contribution is -2.28. The summed E-state index contributed by atoms with van der Waals surface area (Å²) in [7, 11) is 1.65. The van der Waals surface area contributed by atoms with Crippen LogP contribution < -0.4 is 20.1 Å². The Hall–Kier alpha value is -2.77. The van der Waals surface area contributed by atoms with Crippen molar-refractivity contribution >= 4 is 11.6 Å². The molecule has 1 aliphatic heterocycles. The molecule has 144 valence electrons. The molecule has 7 heteroatoms. The molecule has 1 unspecified atom stereocenters. The maximum atomic E-state index is 11.4. The van der Waals surface area contributed by atoms with Crippen LogP contribution in [0.4, 0.5) is 5.69 Å². The molecular weight excluding hydrogens is 348 g/mol. The fraction of sp³-hybridized carbons (Fsp3) is 0.350. The van der Waals surface area contributed by atoms with E-state index in [1.807, 2.05) is 24.3 Å². The van der Waals surface area contributed by atoms with Crippen LogP contribution in [0, 0.1) is 0 Å². The van der Waals surface area contributed by atoms with Crippen molar-refractivity contribution in [3.63, 3.8) is 0 Å². The van der Waals surface area contributed by atoms with Gasteiger partial charge in [0.15, 0.2) is 6.61 Å². The summed E-state index contributed by atoms with van der Waals surface area (Å²) in [6.45, 7) is 0.949. The van der Waals surface area contributed by atoms with E-state index in [1.54, 1.807) is 7.11 Å². The van der Waals surface area contributed by atoms with E-state index in [4.69, 9.17) is 9.47 Å². The Morgan fingerprint density at radius 1 is 1.30 bits per heavy atom. The van der Waals surface area contributed by atoms with Crippen LogP contribution in [0.25, 0.3) is 0 Å². The Bertz CT molecular complexity index is 792. The number of carbonyl (C=O) groups is 1. The van der Waals surface area contributed by atoms with Crippen molar-refractivity contribution in [1.29, 1.82) is 0 Å². The van der Waals surface area contributed by atoms with Gasteiger partial charge in [0.1, 0.15) is 17.2 Å². The van der Waals surface area contributed by atoms with Crippen LogP contribution in [-0.4, -0.2) is 42.9 Å². The minimum Gasteiger partial charge on any atom is -0.508 e. The number of rotatable bonds is 8. The van der Waals surface area contributed by atoms with Gasteiger partial charge in [-0.25, -0.2) is 0 Å². The van der Waals surface area contributed by atoms with Gasteiger partial charge < -0.3 is 30.3 Å². The number of carbonyl (C=O) groups excluding carboxylic acids is 1. The number of hydrogen-bond acceptors (Lipinski definition) is 6. The molecule has 1 amide bonds. The number of aromatic hydroxyl groups is 1. The first-order valence-corrected chi connectivity index (χ1v) is 8.88. The molecule has 2 aromatic rings. The lowest BCUT2D eigenvalue weighted by Gasteiger charge is -2.23. The van der Waals surface area contributed by atoms with E-state index in [-0.39, 0.29) is 18.3 Å². The zero-order valence-corrected chi connectivity index (χ0v) is 15.2. The Balaban J connectivity index is 1.49. The molecule has 0 saturated carbocycles. The van der Waals surface area contributed by atoms with Gasteiger partial charge in [-0.1, -0.05) is 12.1 Å². The van der Waals surface area contributed by atoms with Gasteiger partial charge in [-0.3, -0.25) is 4.79 Å². The molecule has 3 rings (SSSR count). The number of anilines is 1. The largest absolute Gasteiger partial charge is 0.508 e. The first-order chi connectivity index (χ1) is 13.1. The second kappa shape index (κ2) is 8.75. The van der Waals surface area contributed by atoms with Crippen LogP contribution in [0.15, 0.2) is 36.4 Å². The van der Waals surface area contributed by atoms with Crippen molar-refractivity contribution in [3.05, 3.63) is 47.5 Å². The van der Waals surface area contributed by atoms with Crippen LogP contribution in [0.2, 0.25) is 0 Å². The minimum absolute atomic E-state index is 0.0342. The topological polar surface area (TPSA) is 100 Å². The molecule has 0 bridgehead atoms. The Morgan fingerprint density at radius 3 is 2.81 bits per heavy atom. The first-order valence-electron chi connectivity index (χ1n) is 8.88. The zero-order chi connectivity index (χ0) is 19.2. The van der Waals surface area contributed by atoms with E-state index < -0.39 is 6.10 Å². The number of amides is 1. The third kappa shape index (κ3) is 4.90. The molecule has 1 aliphatic rings. The average Bonchev–Trinajstić information content (AvgIpc) is 2.67. The van der Waals surface area contributed by atoms with Crippen LogP contribution in [0.5, 0.6) is 17.2 Å². The first kappa shape index (κ1) is 19.0. The minimum atomic E-state index is -0.859. The number of fused-ring (bicyclic) bond motifs is 1. The van der Waals surface area contributed by atoms with Crippen molar-refractivity contribution in [2.75, 3.05) is 32.1 Å². The zero-order valence-electron chi connectivity index (χ0n) is 15.2. The molecule has 27 heavy (non-hydrogen) atoms. The maximum absolute atomic E-state index is 11.4. The van der Waals surface area contributed by atoms with Crippen LogP contribution >= 0.6 is 0 Å². The molecule has 0 saturated heterocycles. The Labute approximate surface area is 157 Å². The van der Waals surface area contributed by atoms with Crippen molar-refractivity contribution in [2.24, 2.45) is 0 Å². The second-order valence-electron chi connectivity index (χ2n) is 6.42. The number of aryl methyl sites for hydroxylation is 1. The molecule has 0 radical (unpaired) electrons. The normalized spacial score (nSPS) is 14.1. The quantitative estimate of drug-likeness (QED) is 0.529. The van der Waals surface area contributed by atoms with E-state index in [2.05, 4.69) is 10.6 Å². The van der Waals surface area contributed by atoms with Crippen LogP contribution in [0.1, 0.15) is 23.7 Å². The molecule has 1 atom stereocenters. The summed E-state index contributed by atoms with van der Waals surface area (Å²) in [6, 6.07) is 10.8. The highest BCUT2D eigenvalue weighted by Gasteiger charge is 2.24. The Morgan fingerprint density at radius 2 is 2.07 bits per heavy atom. The molecule has 0 aromatic heterocycles. The number of phenolic OH excluding ortho intramolecular Hbond substituents is 1. The predicted octanol–water partition coefficient (Wildman–Crippen LogP) is 1.99. The summed E-state index contributed by atoms with van der Waals surface area (Å²) in [5.74, 6) is 0.922. The lowest BCUT2D eigenvalue weighted by atomic mass is 10.0. The van der Waals surface area contributed by atoms with Crippen LogP contribution in [0.3, 0.4) is 0 Å². The summed E-state index contributed by atoms with van der Waals surface area (Å²) in [4.78, 5) is 11.4. The number of benzene rings is 2. The molecule has 4 N–H and O–H groups in total. The molecular formula is C20H24N2O5. The number of phenols is 1. The van der Waals surface area contributed by atoms with Gasteiger partial charge >= 0.3 is 0 Å². The fourth-order valence-corrected chi connectivity index (χ4v) is 3.02. The van der Waals surface area contributed by atoms with E-state index in [9.17, 15) is 15.0 Å². The van der Waals surface area contributed by atoms with Crippen molar-refractivity contribution in [3.8, 4) is 17.2 Å². The van der Waals surface area contributed by atoms with E-state index in [1.165, 1.54) is 17.7 Å². The van der Waals surface area contributed by atoms with Crippen molar-refractivity contribution < 1.29 is 24.5 Å². The number of aliphatic hydroxyl groups is 1. The SMILES string of the molecule is COc1ccc(CCCNCC(O)c2cc(O)cc3c2OCC(=O)N3)cc1. The summed E-state index contributed by atoms with van der Waals surface area (Å²) >= 11 is 0. The number of methoxy groups -OCH3 is 1. The Kier molecular flexibility index (Phi) is 6.16. The highest BCUT2D eigenvalue weighted by molar-refractivity contribution is 5.96. The fourth-order valence-electron chi connectivity index (χ4n) is 3.02. The highest BCUT2D eigenvalue weighted by atomic mass is 16.5. The van der Waals surface area contributed by atoms with Crippen molar-refractivity contribution in [2.45, 2.75) is 18.9 Å². The van der Waals surface area contributed by atoms with Gasteiger partial charge in [-0.05, 0) is 43.1 Å². The van der Waals surface area contributed by atoms with Gasteiger partial charge in [-0.15, -0.1) is 0 Å². The van der Waals surface area contributed by atoms with E-state index >= 15 is 0 Å². The highest BCUT2D eigenvalue weighted by Crippen LogP contribution is 2.38. The van der Waals surface area contributed by atoms with Gasteiger partial charge in [-0.2, -0.15) is 0 Å². The summed E-state index contributed by atoms with van der Waals surface area (Å²) < 4.78 is 10.6. The molecule has 2 aromatic carbocycles. The second-order valence-corrected chi connectivity index (χ2v) is 6.42. The van der Waals surface area contributed by atoms with Crippen molar-refractivity contribution in [1.82, 2.24) is 5.32 Å². The summed E-state index contributed by atoms with van der Waals surface area (Å²) in [6.07, 6.45) is 0.981. The van der Waals surface area contributed by atoms with Gasteiger partial charge in [0.2, 0.25) is 0 Å². The summed E-state index contributed by atoms with van der Waals surface area (Å²) in [5, 5.41) is 26.1. The molecule has 7 nitrogen and oxygen atoms in total. The molecule has 0 fully saturated rings. The number of aliphatic hydroxyl groups excluding tert-OH is 1. The third-order valence-corrected chi connectivity index (χ3v) is 4.40. The standard InChI is InChI=1S/C20H24N2O5/c1-26-15-6-4-13(5-7-15)3-2-8-21-11-18(24)16-9-14(23)10-17-20(16)27-12-19(25)22-17/h4-7,9-10,18,21,23-24H,2-3,8,11-12H2,1H3,(H,22,25). The maximum Gasteiger partial charge on any atom is 0.262 e. The smallest absolute Gasteiger partial charge is 0.262 e. The van der Waals surface area contributed by atoms with Gasteiger partial charge in [0.25, 0.3) is 5.91 Å². The number of ether oxygens (including phenoxy) is 2. The number of hydrogen-bond donors (Lipinski definition) is 4. The van der Waals surface area contributed by atoms with E-state index in [0.717, 1.165) is 25.1 Å². The van der Waals surface area contributed by atoms with Crippen LogP contribution in [-0.2, 0) is 11.2 Å². The van der Waals surface area contributed by atoms with E-state index in [0.29, 0.717) is 23.5 Å². The molecule has 0 spiro atoms.